The summed E-state index contributed by atoms with van der Waals surface area (Å²) in [5.74, 6) is 0.101. The lowest BCUT2D eigenvalue weighted by Crippen LogP contribution is -2.53. The zero-order valence-corrected chi connectivity index (χ0v) is 9.81. The number of nitriles is 1. The van der Waals surface area contributed by atoms with Crippen molar-refractivity contribution in [3.05, 3.63) is 35.4 Å². The van der Waals surface area contributed by atoms with Crippen LogP contribution in [0.4, 0.5) is 0 Å². The molecule has 1 fully saturated rings. The molecule has 1 aliphatic heterocycles. The van der Waals surface area contributed by atoms with Crippen molar-refractivity contribution in [2.75, 3.05) is 13.1 Å². The minimum Gasteiger partial charge on any atom is -0.336 e. The van der Waals surface area contributed by atoms with Crippen molar-refractivity contribution in [2.24, 2.45) is 0 Å². The van der Waals surface area contributed by atoms with Crippen molar-refractivity contribution in [3.63, 3.8) is 0 Å². The summed E-state index contributed by atoms with van der Waals surface area (Å²) in [4.78, 5) is 13.7. The zero-order valence-electron chi connectivity index (χ0n) is 9.81. The molecule has 1 aromatic rings. The molecule has 2 rings (SSSR count). The lowest BCUT2D eigenvalue weighted by molar-refractivity contribution is -0.135. The number of nitrogens with one attached hydrogen (secondary N) is 1. The molecule has 4 nitrogen and oxygen atoms in total. The summed E-state index contributed by atoms with van der Waals surface area (Å²) in [5.41, 5.74) is 1.56. The van der Waals surface area contributed by atoms with Gasteiger partial charge >= 0.3 is 0 Å². The van der Waals surface area contributed by atoms with Gasteiger partial charge in [0.25, 0.3) is 0 Å². The van der Waals surface area contributed by atoms with E-state index in [1.807, 2.05) is 25.1 Å². The van der Waals surface area contributed by atoms with Crippen LogP contribution in [0.3, 0.4) is 0 Å². The maximum atomic E-state index is 11.9. The van der Waals surface area contributed by atoms with Gasteiger partial charge in [-0.05, 0) is 18.6 Å². The molecule has 1 aliphatic rings. The molecule has 0 aromatic heterocycles. The fraction of sp³-hybridized carbons (Fsp3) is 0.385. The van der Waals surface area contributed by atoms with E-state index in [0.717, 1.165) is 12.1 Å². The first kappa shape index (κ1) is 11.6. The molecule has 1 atom stereocenters. The number of carbonyl (C=O) groups excluding carboxylic acids is 1. The van der Waals surface area contributed by atoms with Crippen LogP contribution in [0.5, 0.6) is 0 Å². The van der Waals surface area contributed by atoms with Gasteiger partial charge in [0, 0.05) is 19.6 Å². The number of hydrogen-bond acceptors (Lipinski definition) is 3. The quantitative estimate of drug-likeness (QED) is 0.819. The molecule has 1 aromatic carbocycles. The molecular weight excluding hydrogens is 214 g/mol. The number of carbonyl (C=O) groups is 1. The van der Waals surface area contributed by atoms with Gasteiger partial charge in [-0.3, -0.25) is 4.79 Å². The van der Waals surface area contributed by atoms with Gasteiger partial charge in [0.15, 0.2) is 0 Å². The average Bonchev–Trinajstić information content (AvgIpc) is 2.35. The Morgan fingerprint density at radius 2 is 2.29 bits per heavy atom. The van der Waals surface area contributed by atoms with Crippen LogP contribution in [-0.2, 0) is 11.3 Å². The second-order valence-corrected chi connectivity index (χ2v) is 4.20. The maximum Gasteiger partial charge on any atom is 0.239 e. The lowest BCUT2D eigenvalue weighted by Gasteiger charge is -2.31. The molecule has 0 radical (unpaired) electrons. The number of piperazine rings is 1. The van der Waals surface area contributed by atoms with Gasteiger partial charge in [-0.1, -0.05) is 18.2 Å². The minimum absolute atomic E-state index is 0.101. The third kappa shape index (κ3) is 2.45. The van der Waals surface area contributed by atoms with Crippen molar-refractivity contribution in [3.8, 4) is 6.07 Å². The van der Waals surface area contributed by atoms with E-state index in [9.17, 15) is 4.79 Å². The molecule has 4 heteroatoms. The lowest BCUT2D eigenvalue weighted by atomic mass is 10.1. The van der Waals surface area contributed by atoms with Crippen molar-refractivity contribution in [2.45, 2.75) is 19.5 Å². The van der Waals surface area contributed by atoms with Gasteiger partial charge < -0.3 is 10.2 Å². The van der Waals surface area contributed by atoms with Crippen LogP contribution in [0.2, 0.25) is 0 Å². The number of rotatable bonds is 2. The zero-order chi connectivity index (χ0) is 12.3. The molecule has 1 unspecified atom stereocenters. The van der Waals surface area contributed by atoms with E-state index in [2.05, 4.69) is 11.4 Å². The van der Waals surface area contributed by atoms with Crippen molar-refractivity contribution >= 4 is 5.91 Å². The Hall–Kier alpha value is -1.86. The molecule has 0 spiro atoms. The second-order valence-electron chi connectivity index (χ2n) is 4.20. The first-order valence-electron chi connectivity index (χ1n) is 5.72. The van der Waals surface area contributed by atoms with Crippen LogP contribution in [0, 0.1) is 11.3 Å². The molecule has 1 amide bonds. The SMILES string of the molecule is CC1NCCN(Cc2ccccc2C#N)C1=O. The van der Waals surface area contributed by atoms with Gasteiger partial charge in [0.05, 0.1) is 17.7 Å². The molecule has 1 saturated heterocycles. The predicted molar refractivity (Wildman–Crippen MR) is 64.0 cm³/mol. The van der Waals surface area contributed by atoms with E-state index in [1.165, 1.54) is 0 Å². The van der Waals surface area contributed by atoms with Gasteiger partial charge in [0.2, 0.25) is 5.91 Å². The highest BCUT2D eigenvalue weighted by Crippen LogP contribution is 2.12. The Bertz CT molecular complexity index is 464. The van der Waals surface area contributed by atoms with Crippen molar-refractivity contribution in [1.82, 2.24) is 10.2 Å². The predicted octanol–water partition coefficient (Wildman–Crippen LogP) is 0.879. The van der Waals surface area contributed by atoms with Gasteiger partial charge in [0.1, 0.15) is 0 Å². The van der Waals surface area contributed by atoms with Gasteiger partial charge in [-0.25, -0.2) is 0 Å². The normalized spacial score (nSPS) is 20.1. The Morgan fingerprint density at radius 3 is 3.06 bits per heavy atom. The van der Waals surface area contributed by atoms with E-state index in [1.54, 1.807) is 11.0 Å². The summed E-state index contributed by atoms with van der Waals surface area (Å²) >= 11 is 0. The topological polar surface area (TPSA) is 56.1 Å². The van der Waals surface area contributed by atoms with E-state index < -0.39 is 0 Å². The highest BCUT2D eigenvalue weighted by Gasteiger charge is 2.24. The number of hydrogen-bond donors (Lipinski definition) is 1. The average molecular weight is 229 g/mol. The minimum atomic E-state index is -0.127. The highest BCUT2D eigenvalue weighted by molar-refractivity contribution is 5.82. The standard InChI is InChI=1S/C13H15N3O/c1-10-13(17)16(7-6-15-10)9-12-5-3-2-4-11(12)8-14/h2-5,10,15H,6-7,9H2,1H3. The molecule has 0 bridgehead atoms. The summed E-state index contributed by atoms with van der Waals surface area (Å²) in [6.45, 7) is 3.89. The molecule has 17 heavy (non-hydrogen) atoms. The molecule has 88 valence electrons. The largest absolute Gasteiger partial charge is 0.336 e. The van der Waals surface area contributed by atoms with Gasteiger partial charge in [-0.2, -0.15) is 5.26 Å². The Kier molecular flexibility index (Phi) is 3.40. The summed E-state index contributed by atoms with van der Waals surface area (Å²) in [6.07, 6.45) is 0. The monoisotopic (exact) mass is 229 g/mol. The summed E-state index contributed by atoms with van der Waals surface area (Å²) in [5, 5.41) is 12.1. The fourth-order valence-corrected chi connectivity index (χ4v) is 2.02. The van der Waals surface area contributed by atoms with Crippen LogP contribution in [0.25, 0.3) is 0 Å². The molecule has 0 saturated carbocycles. The highest BCUT2D eigenvalue weighted by atomic mass is 16.2. The molecule has 0 aliphatic carbocycles. The van der Waals surface area contributed by atoms with E-state index in [-0.39, 0.29) is 11.9 Å². The third-order valence-corrected chi connectivity index (χ3v) is 3.01. The van der Waals surface area contributed by atoms with Crippen molar-refractivity contribution in [1.29, 1.82) is 5.26 Å². The molecule has 1 N–H and O–H groups in total. The van der Waals surface area contributed by atoms with Crippen LogP contribution in [0.15, 0.2) is 24.3 Å². The first-order chi connectivity index (χ1) is 8.22. The molecular formula is C13H15N3O. The van der Waals surface area contributed by atoms with Gasteiger partial charge in [-0.15, -0.1) is 0 Å². The summed E-state index contributed by atoms with van der Waals surface area (Å²) in [6, 6.07) is 9.45. The Labute approximate surface area is 101 Å². The molecule has 1 heterocycles. The summed E-state index contributed by atoms with van der Waals surface area (Å²) in [7, 11) is 0. The van der Waals surface area contributed by atoms with Crippen LogP contribution >= 0.6 is 0 Å². The van der Waals surface area contributed by atoms with Crippen molar-refractivity contribution < 1.29 is 4.79 Å². The number of amides is 1. The van der Waals surface area contributed by atoms with Crippen LogP contribution < -0.4 is 5.32 Å². The first-order valence-corrected chi connectivity index (χ1v) is 5.72. The second kappa shape index (κ2) is 4.98. The fourth-order valence-electron chi connectivity index (χ4n) is 2.02. The smallest absolute Gasteiger partial charge is 0.239 e. The van der Waals surface area contributed by atoms with Crippen LogP contribution in [0.1, 0.15) is 18.1 Å². The third-order valence-electron chi connectivity index (χ3n) is 3.01. The van der Waals surface area contributed by atoms with E-state index >= 15 is 0 Å². The van der Waals surface area contributed by atoms with Crippen LogP contribution in [-0.4, -0.2) is 29.9 Å². The Balaban J connectivity index is 2.15. The summed E-state index contributed by atoms with van der Waals surface area (Å²) < 4.78 is 0. The number of benzene rings is 1. The number of nitrogens with zero attached hydrogens (tertiary/aromatic N) is 2. The maximum absolute atomic E-state index is 11.9. The Morgan fingerprint density at radius 1 is 1.53 bits per heavy atom. The van der Waals surface area contributed by atoms with E-state index in [4.69, 9.17) is 5.26 Å². The van der Waals surface area contributed by atoms with E-state index in [0.29, 0.717) is 18.7 Å².